The summed E-state index contributed by atoms with van der Waals surface area (Å²) >= 11 is 0. The second-order valence-electron chi connectivity index (χ2n) is 6.54. The summed E-state index contributed by atoms with van der Waals surface area (Å²) in [6.45, 7) is 2.03. The van der Waals surface area contributed by atoms with Gasteiger partial charge in [-0.3, -0.25) is 4.79 Å². The van der Waals surface area contributed by atoms with Crippen molar-refractivity contribution in [2.75, 3.05) is 5.32 Å². The first-order valence-electron chi connectivity index (χ1n) is 8.65. The van der Waals surface area contributed by atoms with Crippen molar-refractivity contribution in [1.29, 1.82) is 0 Å². The van der Waals surface area contributed by atoms with Gasteiger partial charge in [0.25, 0.3) is 5.91 Å². The van der Waals surface area contributed by atoms with Crippen LogP contribution in [-0.4, -0.2) is 10.5 Å². The second kappa shape index (κ2) is 6.52. The molecule has 0 spiro atoms. The van der Waals surface area contributed by atoms with E-state index in [1.807, 2.05) is 62.5 Å². The van der Waals surface area contributed by atoms with Crippen LogP contribution < -0.4 is 5.32 Å². The number of nitrogens with one attached hydrogen (secondary N) is 1. The van der Waals surface area contributed by atoms with Gasteiger partial charge in [-0.2, -0.15) is 0 Å². The number of para-hydroxylation sites is 1. The van der Waals surface area contributed by atoms with Crippen LogP contribution in [0.2, 0.25) is 0 Å². The molecule has 0 atom stereocenters. The lowest BCUT2D eigenvalue weighted by atomic mass is 10.0. The van der Waals surface area contributed by atoms with E-state index in [0.717, 1.165) is 22.4 Å². The Kier molecular flexibility index (Phi) is 4.05. The van der Waals surface area contributed by atoms with E-state index >= 15 is 0 Å². The third kappa shape index (κ3) is 2.88. The van der Waals surface area contributed by atoms with Crippen LogP contribution in [0.4, 0.5) is 5.69 Å². The molecule has 1 heterocycles. The third-order valence-electron chi connectivity index (χ3n) is 4.65. The van der Waals surface area contributed by atoms with E-state index in [1.165, 1.54) is 10.9 Å². The first kappa shape index (κ1) is 16.2. The summed E-state index contributed by atoms with van der Waals surface area (Å²) in [6, 6.07) is 23.8. The molecular weight excluding hydrogens is 320 g/mol. The van der Waals surface area contributed by atoms with Gasteiger partial charge in [0.1, 0.15) is 0 Å². The molecule has 4 rings (SSSR count). The van der Waals surface area contributed by atoms with Crippen LogP contribution in [0.1, 0.15) is 15.9 Å². The lowest BCUT2D eigenvalue weighted by Gasteiger charge is -2.12. The number of amides is 1. The Morgan fingerprint density at radius 3 is 2.42 bits per heavy atom. The molecule has 3 heteroatoms. The second-order valence-corrected chi connectivity index (χ2v) is 6.54. The minimum absolute atomic E-state index is 0.0994. The SMILES string of the molecule is Cc1ccc(-c2cn(C)c3ccccc23)c(NC(=O)c2ccccc2)c1. The van der Waals surface area contributed by atoms with Crippen molar-refractivity contribution in [2.24, 2.45) is 7.05 Å². The number of fused-ring (bicyclic) bond motifs is 1. The summed E-state index contributed by atoms with van der Waals surface area (Å²) < 4.78 is 2.12. The molecule has 3 nitrogen and oxygen atoms in total. The van der Waals surface area contributed by atoms with Crippen molar-refractivity contribution >= 4 is 22.5 Å². The predicted octanol–water partition coefficient (Wildman–Crippen LogP) is 5.41. The molecule has 3 aromatic carbocycles. The normalized spacial score (nSPS) is 10.8. The average molecular weight is 340 g/mol. The molecule has 1 N–H and O–H groups in total. The molecule has 0 aliphatic rings. The summed E-state index contributed by atoms with van der Waals surface area (Å²) in [6.07, 6.45) is 2.12. The molecule has 128 valence electrons. The zero-order chi connectivity index (χ0) is 18.1. The predicted molar refractivity (Wildman–Crippen MR) is 107 cm³/mol. The van der Waals surface area contributed by atoms with Gasteiger partial charge in [0.05, 0.1) is 0 Å². The molecule has 1 aromatic heterocycles. The van der Waals surface area contributed by atoms with E-state index in [2.05, 4.69) is 40.3 Å². The average Bonchev–Trinajstić information content (AvgIpc) is 3.00. The molecule has 26 heavy (non-hydrogen) atoms. The smallest absolute Gasteiger partial charge is 0.255 e. The molecule has 1 amide bonds. The maximum atomic E-state index is 12.7. The van der Waals surface area contributed by atoms with Crippen molar-refractivity contribution < 1.29 is 4.79 Å². The summed E-state index contributed by atoms with van der Waals surface area (Å²) in [5.41, 5.74) is 5.90. The summed E-state index contributed by atoms with van der Waals surface area (Å²) in [7, 11) is 2.04. The monoisotopic (exact) mass is 340 g/mol. The first-order chi connectivity index (χ1) is 12.6. The van der Waals surface area contributed by atoms with Crippen LogP contribution in [0.15, 0.2) is 79.0 Å². The van der Waals surface area contributed by atoms with Crippen molar-refractivity contribution in [3.63, 3.8) is 0 Å². The van der Waals surface area contributed by atoms with Gasteiger partial charge in [0, 0.05) is 46.5 Å². The van der Waals surface area contributed by atoms with E-state index in [0.29, 0.717) is 5.56 Å². The van der Waals surface area contributed by atoms with Gasteiger partial charge < -0.3 is 9.88 Å². The molecule has 0 bridgehead atoms. The largest absolute Gasteiger partial charge is 0.350 e. The number of benzene rings is 3. The molecule has 0 unspecified atom stereocenters. The third-order valence-corrected chi connectivity index (χ3v) is 4.65. The Hall–Kier alpha value is -3.33. The van der Waals surface area contributed by atoms with Crippen LogP contribution in [0.3, 0.4) is 0 Å². The highest BCUT2D eigenvalue weighted by molar-refractivity contribution is 6.08. The molecular formula is C23H20N2O. The number of hydrogen-bond donors (Lipinski definition) is 1. The fourth-order valence-electron chi connectivity index (χ4n) is 3.34. The molecule has 4 aromatic rings. The number of aryl methyl sites for hydroxylation is 2. The van der Waals surface area contributed by atoms with Crippen molar-refractivity contribution in [3.05, 3.63) is 90.1 Å². The quantitative estimate of drug-likeness (QED) is 0.532. The molecule has 0 aliphatic carbocycles. The first-order valence-corrected chi connectivity index (χ1v) is 8.65. The molecule has 0 saturated heterocycles. The highest BCUT2D eigenvalue weighted by Gasteiger charge is 2.14. The number of rotatable bonds is 3. The Morgan fingerprint density at radius 2 is 1.62 bits per heavy atom. The fourth-order valence-corrected chi connectivity index (χ4v) is 3.34. The van der Waals surface area contributed by atoms with E-state index in [9.17, 15) is 4.79 Å². The Bertz CT molecular complexity index is 1090. The zero-order valence-electron chi connectivity index (χ0n) is 14.9. The number of carbonyl (C=O) groups is 1. The lowest BCUT2D eigenvalue weighted by molar-refractivity contribution is 0.102. The molecule has 0 aliphatic heterocycles. The van der Waals surface area contributed by atoms with E-state index in [4.69, 9.17) is 0 Å². The number of carbonyl (C=O) groups excluding carboxylic acids is 1. The summed E-state index contributed by atoms with van der Waals surface area (Å²) in [4.78, 5) is 12.7. The van der Waals surface area contributed by atoms with Crippen molar-refractivity contribution in [3.8, 4) is 11.1 Å². The molecule has 0 radical (unpaired) electrons. The standard InChI is InChI=1S/C23H20N2O/c1-16-12-13-18(20-15-25(2)22-11-7-6-10-19(20)22)21(14-16)24-23(26)17-8-4-3-5-9-17/h3-15H,1-2H3,(H,24,26). The Labute approximate surface area is 152 Å². The van der Waals surface area contributed by atoms with E-state index in [-0.39, 0.29) is 5.91 Å². The van der Waals surface area contributed by atoms with Crippen LogP contribution in [-0.2, 0) is 7.05 Å². The summed E-state index contributed by atoms with van der Waals surface area (Å²) in [5.74, 6) is -0.0994. The van der Waals surface area contributed by atoms with Crippen molar-refractivity contribution in [1.82, 2.24) is 4.57 Å². The highest BCUT2D eigenvalue weighted by Crippen LogP contribution is 2.35. The maximum Gasteiger partial charge on any atom is 0.255 e. The van der Waals surface area contributed by atoms with Crippen LogP contribution in [0, 0.1) is 6.92 Å². The minimum atomic E-state index is -0.0994. The number of nitrogens with zero attached hydrogens (tertiary/aromatic N) is 1. The van der Waals surface area contributed by atoms with Gasteiger partial charge in [-0.15, -0.1) is 0 Å². The van der Waals surface area contributed by atoms with Crippen LogP contribution in [0.25, 0.3) is 22.0 Å². The number of hydrogen-bond acceptors (Lipinski definition) is 1. The number of aromatic nitrogens is 1. The van der Waals surface area contributed by atoms with Crippen LogP contribution >= 0.6 is 0 Å². The summed E-state index contributed by atoms with van der Waals surface area (Å²) in [5, 5.41) is 4.27. The van der Waals surface area contributed by atoms with E-state index in [1.54, 1.807) is 0 Å². The Balaban J connectivity index is 1.81. The topological polar surface area (TPSA) is 34.0 Å². The maximum absolute atomic E-state index is 12.7. The van der Waals surface area contributed by atoms with Gasteiger partial charge in [-0.05, 0) is 36.8 Å². The van der Waals surface area contributed by atoms with Crippen LogP contribution in [0.5, 0.6) is 0 Å². The minimum Gasteiger partial charge on any atom is -0.350 e. The Morgan fingerprint density at radius 1 is 0.885 bits per heavy atom. The fraction of sp³-hybridized carbons (Fsp3) is 0.0870. The lowest BCUT2D eigenvalue weighted by Crippen LogP contribution is -2.12. The van der Waals surface area contributed by atoms with Gasteiger partial charge >= 0.3 is 0 Å². The van der Waals surface area contributed by atoms with Gasteiger partial charge in [0.2, 0.25) is 0 Å². The highest BCUT2D eigenvalue weighted by atomic mass is 16.1. The molecule has 0 saturated carbocycles. The zero-order valence-corrected chi connectivity index (χ0v) is 14.9. The van der Waals surface area contributed by atoms with Gasteiger partial charge in [-0.1, -0.05) is 48.5 Å². The van der Waals surface area contributed by atoms with Crippen molar-refractivity contribution in [2.45, 2.75) is 6.92 Å². The van der Waals surface area contributed by atoms with E-state index < -0.39 is 0 Å². The van der Waals surface area contributed by atoms with Gasteiger partial charge in [0.15, 0.2) is 0 Å². The molecule has 0 fully saturated rings. The van der Waals surface area contributed by atoms with Gasteiger partial charge in [-0.25, -0.2) is 0 Å². The number of anilines is 1.